The van der Waals surface area contributed by atoms with E-state index in [4.69, 9.17) is 0 Å². The molecule has 100 valence electrons. The Bertz CT molecular complexity index is 368. The fraction of sp³-hybridized carbons (Fsp3) is 0.533. The van der Waals surface area contributed by atoms with E-state index in [1.54, 1.807) is 7.05 Å². The molecule has 0 radical (unpaired) electrons. The Morgan fingerprint density at radius 3 is 2.33 bits per heavy atom. The molecule has 3 nitrogen and oxygen atoms in total. The lowest BCUT2D eigenvalue weighted by Gasteiger charge is -2.27. The van der Waals surface area contributed by atoms with E-state index >= 15 is 0 Å². The van der Waals surface area contributed by atoms with E-state index in [2.05, 4.69) is 43.5 Å². The quantitative estimate of drug-likeness (QED) is 0.840. The molecule has 1 rings (SSSR count). The van der Waals surface area contributed by atoms with Gasteiger partial charge in [-0.15, -0.1) is 0 Å². The number of hydrogen-bond donors (Lipinski definition) is 2. The van der Waals surface area contributed by atoms with Crippen LogP contribution in [-0.4, -0.2) is 19.5 Å². The van der Waals surface area contributed by atoms with Crippen LogP contribution in [0, 0.1) is 5.41 Å². The number of rotatable bonds is 5. The van der Waals surface area contributed by atoms with Gasteiger partial charge in [0, 0.05) is 0 Å². The van der Waals surface area contributed by atoms with Crippen molar-refractivity contribution in [3.8, 4) is 0 Å². The van der Waals surface area contributed by atoms with Crippen molar-refractivity contribution in [1.82, 2.24) is 10.6 Å². The maximum Gasteiger partial charge on any atom is 0.234 e. The van der Waals surface area contributed by atoms with Crippen LogP contribution >= 0.6 is 0 Å². The van der Waals surface area contributed by atoms with Crippen molar-refractivity contribution < 1.29 is 4.79 Å². The second-order valence-electron chi connectivity index (χ2n) is 5.83. The summed E-state index contributed by atoms with van der Waals surface area (Å²) in [5.74, 6) is 0.0376. The summed E-state index contributed by atoms with van der Waals surface area (Å²) in [5, 5.41) is 5.96. The molecule has 0 saturated carbocycles. The second-order valence-corrected chi connectivity index (χ2v) is 5.83. The lowest BCUT2D eigenvalue weighted by atomic mass is 9.85. The molecule has 1 aromatic carbocycles. The zero-order valence-corrected chi connectivity index (χ0v) is 11.8. The minimum absolute atomic E-state index is 0.0376. The molecule has 0 aliphatic rings. The molecule has 1 atom stereocenters. The second kappa shape index (κ2) is 6.55. The zero-order chi connectivity index (χ0) is 13.6. The number of hydrogen-bond acceptors (Lipinski definition) is 2. The van der Waals surface area contributed by atoms with Gasteiger partial charge in [0.25, 0.3) is 0 Å². The first kappa shape index (κ1) is 14.7. The Morgan fingerprint density at radius 1 is 1.22 bits per heavy atom. The van der Waals surface area contributed by atoms with Gasteiger partial charge in [-0.1, -0.05) is 51.1 Å². The van der Waals surface area contributed by atoms with E-state index in [1.807, 2.05) is 18.2 Å². The van der Waals surface area contributed by atoms with Crippen LogP contribution < -0.4 is 10.6 Å². The molecule has 0 aliphatic carbocycles. The molecule has 18 heavy (non-hydrogen) atoms. The van der Waals surface area contributed by atoms with E-state index in [1.165, 1.54) is 0 Å². The summed E-state index contributed by atoms with van der Waals surface area (Å²) in [7, 11) is 1.78. The first-order valence-corrected chi connectivity index (χ1v) is 6.41. The highest BCUT2D eigenvalue weighted by Crippen LogP contribution is 2.29. The van der Waals surface area contributed by atoms with Crippen LogP contribution in [0.3, 0.4) is 0 Å². The monoisotopic (exact) mass is 248 g/mol. The van der Waals surface area contributed by atoms with Gasteiger partial charge in [0.1, 0.15) is 0 Å². The minimum atomic E-state index is 0.0376. The summed E-state index contributed by atoms with van der Waals surface area (Å²) < 4.78 is 0. The SMILES string of the molecule is CNCC(=O)NC(CC(C)(C)C)c1ccccc1. The molecule has 1 unspecified atom stereocenters. The molecular weight excluding hydrogens is 224 g/mol. The summed E-state index contributed by atoms with van der Waals surface area (Å²) in [6.45, 7) is 6.92. The minimum Gasteiger partial charge on any atom is -0.348 e. The predicted octanol–water partition coefficient (Wildman–Crippen LogP) is 2.50. The lowest BCUT2D eigenvalue weighted by molar-refractivity contribution is -0.121. The van der Waals surface area contributed by atoms with Crippen LogP contribution in [0.4, 0.5) is 0 Å². The number of amides is 1. The van der Waals surface area contributed by atoms with Crippen molar-refractivity contribution in [2.24, 2.45) is 5.41 Å². The van der Waals surface area contributed by atoms with Crippen molar-refractivity contribution >= 4 is 5.91 Å². The van der Waals surface area contributed by atoms with Gasteiger partial charge >= 0.3 is 0 Å². The van der Waals surface area contributed by atoms with Gasteiger partial charge in [0.15, 0.2) is 0 Å². The Balaban J connectivity index is 2.79. The van der Waals surface area contributed by atoms with Gasteiger partial charge in [-0.05, 0) is 24.4 Å². The topological polar surface area (TPSA) is 41.1 Å². The smallest absolute Gasteiger partial charge is 0.234 e. The highest BCUT2D eigenvalue weighted by atomic mass is 16.1. The van der Waals surface area contributed by atoms with Crippen molar-refractivity contribution in [3.63, 3.8) is 0 Å². The van der Waals surface area contributed by atoms with Crippen LogP contribution in [0.1, 0.15) is 38.8 Å². The molecule has 1 amide bonds. The Labute approximate surface area is 110 Å². The zero-order valence-electron chi connectivity index (χ0n) is 11.8. The van der Waals surface area contributed by atoms with E-state index in [0.717, 1.165) is 12.0 Å². The maximum absolute atomic E-state index is 11.7. The van der Waals surface area contributed by atoms with Gasteiger partial charge < -0.3 is 10.6 Å². The third kappa shape index (κ3) is 5.32. The van der Waals surface area contributed by atoms with Gasteiger partial charge in [-0.25, -0.2) is 0 Å². The van der Waals surface area contributed by atoms with Gasteiger partial charge in [0.2, 0.25) is 5.91 Å². The fourth-order valence-corrected chi connectivity index (χ4v) is 1.96. The summed E-state index contributed by atoms with van der Waals surface area (Å²) >= 11 is 0. The fourth-order valence-electron chi connectivity index (χ4n) is 1.96. The van der Waals surface area contributed by atoms with Gasteiger partial charge in [-0.2, -0.15) is 0 Å². The Morgan fingerprint density at radius 2 is 1.83 bits per heavy atom. The Hall–Kier alpha value is -1.35. The third-order valence-corrected chi connectivity index (χ3v) is 2.69. The number of benzene rings is 1. The average molecular weight is 248 g/mol. The highest BCUT2D eigenvalue weighted by molar-refractivity contribution is 5.78. The van der Waals surface area contributed by atoms with Gasteiger partial charge in [0.05, 0.1) is 12.6 Å². The van der Waals surface area contributed by atoms with Crippen molar-refractivity contribution in [2.75, 3.05) is 13.6 Å². The van der Waals surface area contributed by atoms with Crippen molar-refractivity contribution in [1.29, 1.82) is 0 Å². The lowest BCUT2D eigenvalue weighted by Crippen LogP contribution is -2.36. The summed E-state index contributed by atoms with van der Waals surface area (Å²) in [6.07, 6.45) is 0.923. The maximum atomic E-state index is 11.7. The normalized spacial score (nSPS) is 13.1. The van der Waals surface area contributed by atoms with E-state index in [0.29, 0.717) is 6.54 Å². The molecule has 0 saturated heterocycles. The molecule has 0 spiro atoms. The van der Waals surface area contributed by atoms with Crippen LogP contribution in [0.5, 0.6) is 0 Å². The standard InChI is InChI=1S/C15H24N2O/c1-15(2,3)10-13(17-14(18)11-16-4)12-8-6-5-7-9-12/h5-9,13,16H,10-11H2,1-4H3,(H,17,18). The molecule has 2 N–H and O–H groups in total. The first-order valence-electron chi connectivity index (χ1n) is 6.41. The number of likely N-dealkylation sites (N-methyl/N-ethyl adjacent to an activating group) is 1. The molecule has 0 aliphatic heterocycles. The highest BCUT2D eigenvalue weighted by Gasteiger charge is 2.21. The van der Waals surface area contributed by atoms with Gasteiger partial charge in [-0.3, -0.25) is 4.79 Å². The Kier molecular flexibility index (Phi) is 5.35. The van der Waals surface area contributed by atoms with Crippen LogP contribution in [0.2, 0.25) is 0 Å². The molecular formula is C15H24N2O. The molecule has 0 fully saturated rings. The van der Waals surface area contributed by atoms with Crippen molar-refractivity contribution in [3.05, 3.63) is 35.9 Å². The largest absolute Gasteiger partial charge is 0.348 e. The summed E-state index contributed by atoms with van der Waals surface area (Å²) in [5.41, 5.74) is 1.34. The predicted molar refractivity (Wildman–Crippen MR) is 75.3 cm³/mol. The number of carbonyl (C=O) groups is 1. The molecule has 3 heteroatoms. The molecule has 0 heterocycles. The van der Waals surface area contributed by atoms with Crippen LogP contribution in [-0.2, 0) is 4.79 Å². The molecule has 0 bridgehead atoms. The summed E-state index contributed by atoms with van der Waals surface area (Å²) in [6, 6.07) is 10.2. The van der Waals surface area contributed by atoms with Crippen molar-refractivity contribution in [2.45, 2.75) is 33.2 Å². The van der Waals surface area contributed by atoms with E-state index in [-0.39, 0.29) is 17.4 Å². The van der Waals surface area contributed by atoms with E-state index < -0.39 is 0 Å². The average Bonchev–Trinajstić information content (AvgIpc) is 2.28. The number of nitrogens with one attached hydrogen (secondary N) is 2. The van der Waals surface area contributed by atoms with Crippen LogP contribution in [0.25, 0.3) is 0 Å². The molecule has 1 aromatic rings. The van der Waals surface area contributed by atoms with Crippen LogP contribution in [0.15, 0.2) is 30.3 Å². The summed E-state index contributed by atoms with van der Waals surface area (Å²) in [4.78, 5) is 11.7. The molecule has 0 aromatic heterocycles. The van der Waals surface area contributed by atoms with E-state index in [9.17, 15) is 4.79 Å². The number of carbonyl (C=O) groups excluding carboxylic acids is 1. The third-order valence-electron chi connectivity index (χ3n) is 2.69. The first-order chi connectivity index (χ1) is 8.42.